The zero-order valence-electron chi connectivity index (χ0n) is 16.7. The van der Waals surface area contributed by atoms with Gasteiger partial charge >= 0.3 is 0 Å². The average molecular weight is 466 g/mol. The van der Waals surface area contributed by atoms with Gasteiger partial charge in [0, 0.05) is 28.7 Å². The molecule has 1 aliphatic heterocycles. The number of aliphatic imine (C=N–C) groups is 1. The van der Waals surface area contributed by atoms with Crippen LogP contribution < -0.4 is 10.1 Å². The number of anilines is 1. The van der Waals surface area contributed by atoms with Crippen LogP contribution in [0.2, 0.25) is 10.0 Å². The summed E-state index contributed by atoms with van der Waals surface area (Å²) in [5.74, 6) is 0.137. The molecule has 0 aliphatic carbocycles. The summed E-state index contributed by atoms with van der Waals surface area (Å²) >= 11 is 13.4. The van der Waals surface area contributed by atoms with Gasteiger partial charge in [-0.15, -0.1) is 0 Å². The van der Waals surface area contributed by atoms with Crippen LogP contribution in [0.25, 0.3) is 0 Å². The van der Waals surface area contributed by atoms with Crippen molar-refractivity contribution in [3.8, 4) is 5.75 Å². The number of hydrogen-bond acceptors (Lipinski definition) is 5. The second-order valence-electron chi connectivity index (χ2n) is 6.56. The predicted octanol–water partition coefficient (Wildman–Crippen LogP) is 5.29. The topological polar surface area (TPSA) is 71.0 Å². The van der Waals surface area contributed by atoms with Crippen molar-refractivity contribution in [2.45, 2.75) is 25.5 Å². The van der Waals surface area contributed by atoms with Gasteiger partial charge in [0.15, 0.2) is 5.17 Å². The van der Waals surface area contributed by atoms with E-state index >= 15 is 0 Å². The lowest BCUT2D eigenvalue weighted by Gasteiger charge is -2.14. The molecule has 0 saturated carbocycles. The maximum atomic E-state index is 12.8. The number of carbonyl (C=O) groups is 2. The number of amides is 2. The minimum absolute atomic E-state index is 0.0255. The molecule has 1 saturated heterocycles. The van der Waals surface area contributed by atoms with E-state index in [0.717, 1.165) is 5.56 Å². The van der Waals surface area contributed by atoms with Gasteiger partial charge in [0.25, 0.3) is 0 Å². The molecule has 2 aromatic carbocycles. The Kier molecular flexibility index (Phi) is 7.28. The van der Waals surface area contributed by atoms with E-state index in [1.54, 1.807) is 48.4 Å². The monoisotopic (exact) mass is 465 g/mol. The Hall–Kier alpha value is -2.22. The first-order valence-electron chi connectivity index (χ1n) is 9.29. The van der Waals surface area contributed by atoms with Crippen LogP contribution in [0.4, 0.5) is 11.4 Å². The molecule has 158 valence electrons. The van der Waals surface area contributed by atoms with Gasteiger partial charge in [-0.2, -0.15) is 0 Å². The fraction of sp³-hybridized carbons (Fsp3) is 0.286. The summed E-state index contributed by atoms with van der Waals surface area (Å²) in [6.07, 6.45) is 0.0255. The van der Waals surface area contributed by atoms with Gasteiger partial charge in [-0.3, -0.25) is 14.5 Å². The van der Waals surface area contributed by atoms with Crippen molar-refractivity contribution in [2.75, 3.05) is 19.0 Å². The summed E-state index contributed by atoms with van der Waals surface area (Å²) in [5, 5.41) is 3.87. The predicted molar refractivity (Wildman–Crippen MR) is 123 cm³/mol. The molecule has 6 nitrogen and oxygen atoms in total. The summed E-state index contributed by atoms with van der Waals surface area (Å²) in [4.78, 5) is 31.5. The number of rotatable bonds is 6. The van der Waals surface area contributed by atoms with E-state index in [2.05, 4.69) is 10.3 Å². The second-order valence-corrected chi connectivity index (χ2v) is 8.58. The highest BCUT2D eigenvalue weighted by atomic mass is 35.5. The number of carbonyl (C=O) groups excluding carboxylic acids is 2. The van der Waals surface area contributed by atoms with Crippen molar-refractivity contribution < 1.29 is 14.3 Å². The van der Waals surface area contributed by atoms with Crippen LogP contribution in [-0.2, 0) is 9.59 Å². The zero-order valence-corrected chi connectivity index (χ0v) is 19.1. The number of thioether (sulfide) groups is 1. The van der Waals surface area contributed by atoms with E-state index in [1.807, 2.05) is 13.8 Å². The number of benzene rings is 2. The van der Waals surface area contributed by atoms with Crippen LogP contribution in [0.3, 0.4) is 0 Å². The lowest BCUT2D eigenvalue weighted by Crippen LogP contribution is -2.33. The van der Waals surface area contributed by atoms with Crippen molar-refractivity contribution in [1.29, 1.82) is 0 Å². The van der Waals surface area contributed by atoms with Gasteiger partial charge in [0.2, 0.25) is 11.8 Å². The van der Waals surface area contributed by atoms with Crippen LogP contribution in [0.1, 0.15) is 18.9 Å². The Labute approximate surface area is 189 Å². The smallest absolute Gasteiger partial charge is 0.242 e. The van der Waals surface area contributed by atoms with Crippen molar-refractivity contribution in [3.63, 3.8) is 0 Å². The number of ether oxygens (including phenoxy) is 1. The third kappa shape index (κ3) is 4.91. The summed E-state index contributed by atoms with van der Waals surface area (Å²) in [6.45, 7) is 4.13. The third-order valence-corrected chi connectivity index (χ3v) is 6.43. The van der Waals surface area contributed by atoms with Crippen molar-refractivity contribution in [3.05, 3.63) is 52.0 Å². The lowest BCUT2D eigenvalue weighted by molar-refractivity contribution is -0.128. The van der Waals surface area contributed by atoms with Gasteiger partial charge < -0.3 is 10.1 Å². The van der Waals surface area contributed by atoms with Gasteiger partial charge in [-0.25, -0.2) is 4.99 Å². The van der Waals surface area contributed by atoms with Crippen LogP contribution in [-0.4, -0.2) is 40.8 Å². The van der Waals surface area contributed by atoms with Crippen LogP contribution in [0.15, 0.2) is 41.4 Å². The van der Waals surface area contributed by atoms with E-state index in [1.165, 1.54) is 11.8 Å². The van der Waals surface area contributed by atoms with Crippen molar-refractivity contribution in [1.82, 2.24) is 4.90 Å². The summed E-state index contributed by atoms with van der Waals surface area (Å²) in [7, 11) is 1.54. The molecule has 1 unspecified atom stereocenters. The molecule has 1 fully saturated rings. The Bertz CT molecular complexity index is 1010. The second kappa shape index (κ2) is 9.73. The number of hydrogen-bond donors (Lipinski definition) is 1. The Morgan fingerprint density at radius 3 is 2.77 bits per heavy atom. The standard InChI is InChI=1S/C21H21Cl2N3O3S/c1-4-26-20(28)18(11-19(27)24-15-7-5-6-14(23)12(15)2)30-21(26)25-16-10-13(22)8-9-17(16)29-3/h5-10,18H,4,11H2,1-3H3,(H,24,27). The maximum absolute atomic E-state index is 12.8. The molecule has 1 atom stereocenters. The molecule has 0 spiro atoms. The third-order valence-electron chi connectivity index (χ3n) is 4.61. The summed E-state index contributed by atoms with van der Waals surface area (Å²) in [5.41, 5.74) is 1.94. The molecule has 9 heteroatoms. The fourth-order valence-corrected chi connectivity index (χ4v) is 4.54. The number of methoxy groups -OCH3 is 1. The molecule has 2 aromatic rings. The van der Waals surface area contributed by atoms with Gasteiger partial charge in [-0.05, 0) is 49.7 Å². The first-order chi connectivity index (χ1) is 14.3. The molecule has 1 aliphatic rings. The molecular formula is C21H21Cl2N3O3S. The number of amidine groups is 1. The van der Waals surface area contributed by atoms with E-state index in [0.29, 0.717) is 38.9 Å². The van der Waals surface area contributed by atoms with Crippen LogP contribution >= 0.6 is 35.0 Å². The van der Waals surface area contributed by atoms with E-state index in [9.17, 15) is 9.59 Å². The molecule has 3 rings (SSSR count). The quantitative estimate of drug-likeness (QED) is 0.628. The minimum atomic E-state index is -0.562. The van der Waals surface area contributed by atoms with Gasteiger partial charge in [-0.1, -0.05) is 41.0 Å². The van der Waals surface area contributed by atoms with Crippen molar-refractivity contribution in [2.24, 2.45) is 4.99 Å². The van der Waals surface area contributed by atoms with Crippen molar-refractivity contribution >= 4 is 63.3 Å². The highest BCUT2D eigenvalue weighted by molar-refractivity contribution is 8.15. The fourth-order valence-electron chi connectivity index (χ4n) is 2.98. The van der Waals surface area contributed by atoms with E-state index in [-0.39, 0.29) is 18.2 Å². The highest BCUT2D eigenvalue weighted by Gasteiger charge is 2.38. The van der Waals surface area contributed by atoms with Crippen LogP contribution in [0.5, 0.6) is 5.75 Å². The number of nitrogens with one attached hydrogen (secondary N) is 1. The lowest BCUT2D eigenvalue weighted by atomic mass is 10.2. The average Bonchev–Trinajstić information content (AvgIpc) is 2.99. The van der Waals surface area contributed by atoms with Gasteiger partial charge in [0.05, 0.1) is 7.11 Å². The normalized spacial score (nSPS) is 17.5. The SMILES string of the molecule is CCN1C(=O)C(CC(=O)Nc2cccc(Cl)c2C)SC1=Nc1cc(Cl)ccc1OC. The van der Waals surface area contributed by atoms with Crippen LogP contribution in [0, 0.1) is 6.92 Å². The molecule has 0 aromatic heterocycles. The Morgan fingerprint density at radius 1 is 1.30 bits per heavy atom. The zero-order chi connectivity index (χ0) is 21.8. The minimum Gasteiger partial charge on any atom is -0.494 e. The summed E-state index contributed by atoms with van der Waals surface area (Å²) < 4.78 is 5.33. The van der Waals surface area contributed by atoms with E-state index in [4.69, 9.17) is 27.9 Å². The number of halogens is 2. The largest absolute Gasteiger partial charge is 0.494 e. The van der Waals surface area contributed by atoms with E-state index < -0.39 is 5.25 Å². The first kappa shape index (κ1) is 22.5. The summed E-state index contributed by atoms with van der Waals surface area (Å²) in [6, 6.07) is 10.4. The first-order valence-corrected chi connectivity index (χ1v) is 10.9. The molecule has 2 amide bonds. The maximum Gasteiger partial charge on any atom is 0.242 e. The molecule has 30 heavy (non-hydrogen) atoms. The Morgan fingerprint density at radius 2 is 2.07 bits per heavy atom. The Balaban J connectivity index is 1.78. The molecular weight excluding hydrogens is 445 g/mol. The molecule has 1 N–H and O–H groups in total. The molecule has 1 heterocycles. The molecule has 0 radical (unpaired) electrons. The number of nitrogens with zero attached hydrogens (tertiary/aromatic N) is 2. The highest BCUT2D eigenvalue weighted by Crippen LogP contribution is 2.36. The van der Waals surface area contributed by atoms with Gasteiger partial charge in [0.1, 0.15) is 16.7 Å². The molecule has 0 bridgehead atoms.